The predicted molar refractivity (Wildman–Crippen MR) is 262 cm³/mol. The van der Waals surface area contributed by atoms with Crippen molar-refractivity contribution in [3.05, 3.63) is 216 Å². The Morgan fingerprint density at radius 1 is 0.317 bits per heavy atom. The summed E-state index contributed by atoms with van der Waals surface area (Å²) in [5, 5.41) is 0. The molecule has 3 aliphatic carbocycles. The van der Waals surface area contributed by atoms with E-state index in [1.54, 1.807) is 11.1 Å². The first-order chi connectivity index (χ1) is 30.9. The number of rotatable bonds is 6. The van der Waals surface area contributed by atoms with Crippen LogP contribution in [0.25, 0.3) is 89.5 Å². The van der Waals surface area contributed by atoms with E-state index in [9.17, 15) is 0 Å². The minimum absolute atomic E-state index is 0.0787. The molecular weight excluding hydrogens is 761 g/mol. The van der Waals surface area contributed by atoms with E-state index in [1.165, 1.54) is 93.3 Å². The molecule has 3 aliphatic rings. The highest BCUT2D eigenvalue weighted by Gasteiger charge is 2.46. The summed E-state index contributed by atoms with van der Waals surface area (Å²) in [5.41, 5.74) is 23.9. The van der Waals surface area contributed by atoms with Crippen LogP contribution in [0.1, 0.15) is 68.2 Å². The largest absolute Gasteiger partial charge is 0.228 e. The van der Waals surface area contributed by atoms with Crippen LogP contribution in [0.15, 0.2) is 194 Å². The summed E-state index contributed by atoms with van der Waals surface area (Å²) in [6.07, 6.45) is 6.43. The van der Waals surface area contributed by atoms with E-state index in [0.717, 1.165) is 33.6 Å². The minimum atomic E-state index is -0.0787. The summed E-state index contributed by atoms with van der Waals surface area (Å²) in [4.78, 5) is 10.3. The number of fused-ring (bicyclic) bond motifs is 8. The lowest BCUT2D eigenvalue weighted by molar-refractivity contribution is 0.353. The SMILES string of the molecule is CC1(C)c2ccc(-c3cccc(-c4cccc(-c5cc(-c6ccc(-c7ccccc7)cc6)nc(-c6ccccc6)n5)c4)c3)cc2-c2cc3c(cc21)-c1ccccc1C31CCCCC1. The zero-order valence-electron chi connectivity index (χ0n) is 35.9. The van der Waals surface area contributed by atoms with Gasteiger partial charge in [-0.05, 0) is 127 Å². The van der Waals surface area contributed by atoms with Gasteiger partial charge in [0.15, 0.2) is 5.82 Å². The highest BCUT2D eigenvalue weighted by Crippen LogP contribution is 2.60. The molecule has 9 aromatic rings. The van der Waals surface area contributed by atoms with Crippen molar-refractivity contribution in [1.29, 1.82) is 0 Å². The van der Waals surface area contributed by atoms with Crippen molar-refractivity contribution in [3.8, 4) is 89.5 Å². The summed E-state index contributed by atoms with van der Waals surface area (Å²) in [5.74, 6) is 0.715. The average Bonchev–Trinajstić information content (AvgIpc) is 3.74. The third-order valence-corrected chi connectivity index (χ3v) is 14.5. The van der Waals surface area contributed by atoms with Crippen LogP contribution < -0.4 is 0 Å². The zero-order chi connectivity index (χ0) is 42.1. The summed E-state index contributed by atoms with van der Waals surface area (Å²) in [6.45, 7) is 4.83. The molecule has 1 heterocycles. The van der Waals surface area contributed by atoms with Crippen molar-refractivity contribution in [1.82, 2.24) is 9.97 Å². The fourth-order valence-corrected chi connectivity index (χ4v) is 11.2. The first-order valence-electron chi connectivity index (χ1n) is 22.7. The number of nitrogens with zero attached hydrogens (tertiary/aromatic N) is 2. The molecule has 1 spiro atoms. The van der Waals surface area contributed by atoms with Crippen LogP contribution in [-0.2, 0) is 10.8 Å². The van der Waals surface area contributed by atoms with Crippen LogP contribution in [0.3, 0.4) is 0 Å². The van der Waals surface area contributed by atoms with Crippen LogP contribution in [0.2, 0.25) is 0 Å². The second-order valence-corrected chi connectivity index (χ2v) is 18.5. The van der Waals surface area contributed by atoms with Crippen molar-refractivity contribution in [3.63, 3.8) is 0 Å². The van der Waals surface area contributed by atoms with Gasteiger partial charge in [-0.3, -0.25) is 0 Å². The van der Waals surface area contributed by atoms with Gasteiger partial charge in [0.05, 0.1) is 11.4 Å². The smallest absolute Gasteiger partial charge is 0.160 e. The first kappa shape index (κ1) is 37.6. The molecule has 12 rings (SSSR count). The van der Waals surface area contributed by atoms with E-state index in [2.05, 4.69) is 190 Å². The van der Waals surface area contributed by atoms with Gasteiger partial charge in [-0.15, -0.1) is 0 Å². The molecule has 0 amide bonds. The monoisotopic (exact) mass is 808 g/mol. The molecule has 1 saturated carbocycles. The molecule has 0 radical (unpaired) electrons. The van der Waals surface area contributed by atoms with Crippen LogP contribution in [-0.4, -0.2) is 9.97 Å². The molecule has 63 heavy (non-hydrogen) atoms. The molecule has 2 nitrogen and oxygen atoms in total. The maximum atomic E-state index is 5.18. The molecule has 0 unspecified atom stereocenters. The van der Waals surface area contributed by atoms with Gasteiger partial charge in [0.25, 0.3) is 0 Å². The Balaban J connectivity index is 0.906. The molecule has 0 saturated heterocycles. The molecule has 8 aromatic carbocycles. The Labute approximate surface area is 371 Å². The molecular formula is C61H48N2. The Morgan fingerprint density at radius 2 is 0.810 bits per heavy atom. The van der Waals surface area contributed by atoms with Gasteiger partial charge in [-0.25, -0.2) is 9.97 Å². The van der Waals surface area contributed by atoms with Gasteiger partial charge in [-0.2, -0.15) is 0 Å². The topological polar surface area (TPSA) is 25.8 Å². The van der Waals surface area contributed by atoms with Crippen molar-refractivity contribution in [2.45, 2.75) is 56.8 Å². The Bertz CT molecular complexity index is 3210. The van der Waals surface area contributed by atoms with Crippen molar-refractivity contribution in [2.75, 3.05) is 0 Å². The Kier molecular flexibility index (Phi) is 8.80. The van der Waals surface area contributed by atoms with E-state index in [-0.39, 0.29) is 10.8 Å². The third-order valence-electron chi connectivity index (χ3n) is 14.5. The number of benzene rings is 8. The molecule has 0 N–H and O–H groups in total. The third kappa shape index (κ3) is 6.22. The first-order valence-corrected chi connectivity index (χ1v) is 22.7. The molecule has 0 bridgehead atoms. The van der Waals surface area contributed by atoms with Crippen LogP contribution in [0.4, 0.5) is 0 Å². The molecule has 0 atom stereocenters. The van der Waals surface area contributed by atoms with Gasteiger partial charge in [0, 0.05) is 27.5 Å². The van der Waals surface area contributed by atoms with Crippen molar-refractivity contribution >= 4 is 0 Å². The summed E-state index contributed by atoms with van der Waals surface area (Å²) >= 11 is 0. The van der Waals surface area contributed by atoms with Gasteiger partial charge >= 0.3 is 0 Å². The molecule has 302 valence electrons. The maximum Gasteiger partial charge on any atom is 0.160 e. The highest BCUT2D eigenvalue weighted by atomic mass is 14.9. The Hall–Kier alpha value is -7.16. The number of hydrogen-bond donors (Lipinski definition) is 0. The van der Waals surface area contributed by atoms with Crippen LogP contribution in [0.5, 0.6) is 0 Å². The minimum Gasteiger partial charge on any atom is -0.228 e. The molecule has 1 aromatic heterocycles. The van der Waals surface area contributed by atoms with E-state index in [0.29, 0.717) is 5.82 Å². The number of hydrogen-bond acceptors (Lipinski definition) is 2. The number of aromatic nitrogens is 2. The summed E-state index contributed by atoms with van der Waals surface area (Å²) < 4.78 is 0. The van der Waals surface area contributed by atoms with Crippen molar-refractivity contribution < 1.29 is 0 Å². The van der Waals surface area contributed by atoms with E-state index < -0.39 is 0 Å². The van der Waals surface area contributed by atoms with Crippen molar-refractivity contribution in [2.24, 2.45) is 0 Å². The van der Waals surface area contributed by atoms with Crippen LogP contribution in [0, 0.1) is 0 Å². The van der Waals surface area contributed by atoms with Gasteiger partial charge < -0.3 is 0 Å². The molecule has 2 heteroatoms. The van der Waals surface area contributed by atoms with E-state index >= 15 is 0 Å². The lowest BCUT2D eigenvalue weighted by Crippen LogP contribution is -2.28. The Morgan fingerprint density at radius 3 is 1.52 bits per heavy atom. The fraction of sp³-hybridized carbons (Fsp3) is 0.148. The standard InChI is InChI=1S/C61H48N2/c1-60(2)53-31-30-47(36-50(53)52-38-56-51(37-55(52)60)49-24-10-11-25-54(49)61(56)32-12-5-13-33-61)45-21-14-20-44(34-45)46-22-15-23-48(35-46)58-39-57(62-59(63-58)43-18-8-4-9-19-43)42-28-26-41(27-29-42)40-16-6-3-7-17-40/h3-4,6-11,14-31,34-39H,5,12-13,32-33H2,1-2H3. The van der Waals surface area contributed by atoms with Gasteiger partial charge in [0.1, 0.15) is 0 Å². The van der Waals surface area contributed by atoms with Gasteiger partial charge in [-0.1, -0.05) is 191 Å². The summed E-state index contributed by atoms with van der Waals surface area (Å²) in [6, 6.07) is 71.2. The van der Waals surface area contributed by atoms with E-state index in [4.69, 9.17) is 9.97 Å². The maximum absolute atomic E-state index is 5.18. The second-order valence-electron chi connectivity index (χ2n) is 18.5. The molecule has 1 fully saturated rings. The lowest BCUT2D eigenvalue weighted by atomic mass is 9.67. The highest BCUT2D eigenvalue weighted by molar-refractivity contribution is 5.91. The lowest BCUT2D eigenvalue weighted by Gasteiger charge is -2.36. The zero-order valence-corrected chi connectivity index (χ0v) is 35.9. The average molecular weight is 809 g/mol. The van der Waals surface area contributed by atoms with Crippen LogP contribution >= 0.6 is 0 Å². The van der Waals surface area contributed by atoms with Gasteiger partial charge in [0.2, 0.25) is 0 Å². The quantitative estimate of drug-likeness (QED) is 0.167. The molecule has 0 aliphatic heterocycles. The second kappa shape index (κ2) is 14.7. The predicted octanol–water partition coefficient (Wildman–Crippen LogP) is 16.0. The fourth-order valence-electron chi connectivity index (χ4n) is 11.2. The normalized spacial score (nSPS) is 15.1. The van der Waals surface area contributed by atoms with E-state index in [1.807, 2.05) is 18.2 Å². The summed E-state index contributed by atoms with van der Waals surface area (Å²) in [7, 11) is 0.